The molecule has 0 aliphatic rings. The van der Waals surface area contributed by atoms with Crippen LogP contribution in [-0.4, -0.2) is 13.3 Å². The predicted octanol–water partition coefficient (Wildman–Crippen LogP) is 2.09. The molecular formula is C15H17N3O4S. The van der Waals surface area contributed by atoms with E-state index in [9.17, 15) is 18.5 Å². The monoisotopic (exact) mass is 335 g/mol. The van der Waals surface area contributed by atoms with Gasteiger partial charge in [0.2, 0.25) is 10.0 Å². The summed E-state index contributed by atoms with van der Waals surface area (Å²) in [6.45, 7) is 1.99. The fourth-order valence-corrected chi connectivity index (χ4v) is 2.97. The zero-order valence-corrected chi connectivity index (χ0v) is 13.3. The van der Waals surface area contributed by atoms with E-state index in [1.54, 1.807) is 12.1 Å². The summed E-state index contributed by atoms with van der Waals surface area (Å²) in [5, 5.41) is 10.6. The number of nitro benzene ring substituents is 1. The largest absolute Gasteiger partial charge is 0.324 e. The lowest BCUT2D eigenvalue weighted by Gasteiger charge is -2.09. The van der Waals surface area contributed by atoms with Gasteiger partial charge >= 0.3 is 0 Å². The second-order valence-corrected chi connectivity index (χ2v) is 6.87. The molecule has 0 fully saturated rings. The Kier molecular flexibility index (Phi) is 5.09. The highest BCUT2D eigenvalue weighted by atomic mass is 32.2. The van der Waals surface area contributed by atoms with Crippen LogP contribution in [0.3, 0.4) is 0 Å². The Morgan fingerprint density at radius 1 is 1.13 bits per heavy atom. The number of nitrogens with zero attached hydrogens (tertiary/aromatic N) is 1. The SMILES string of the molecule is CC(N)c1ccc(CNS(=O)(=O)c2ccc([N+](=O)[O-])cc2)cc1. The van der Waals surface area contributed by atoms with Gasteiger partial charge in [-0.15, -0.1) is 0 Å². The first-order valence-electron chi connectivity index (χ1n) is 6.88. The molecule has 0 aliphatic carbocycles. The van der Waals surface area contributed by atoms with E-state index in [-0.39, 0.29) is 23.2 Å². The van der Waals surface area contributed by atoms with Crippen LogP contribution >= 0.6 is 0 Å². The average molecular weight is 335 g/mol. The first kappa shape index (κ1) is 17.1. The molecule has 23 heavy (non-hydrogen) atoms. The van der Waals surface area contributed by atoms with Gasteiger partial charge in [-0.05, 0) is 30.2 Å². The van der Waals surface area contributed by atoms with Crippen LogP contribution in [0, 0.1) is 10.1 Å². The molecule has 0 spiro atoms. The Morgan fingerprint density at radius 2 is 1.70 bits per heavy atom. The standard InChI is InChI=1S/C15H17N3O4S/c1-11(16)13-4-2-12(3-5-13)10-17-23(21,22)15-8-6-14(7-9-15)18(19)20/h2-9,11,17H,10,16H2,1H3. The van der Waals surface area contributed by atoms with Crippen LogP contribution in [0.2, 0.25) is 0 Å². The molecule has 0 aromatic heterocycles. The third-order valence-corrected chi connectivity index (χ3v) is 4.75. The summed E-state index contributed by atoms with van der Waals surface area (Å²) in [7, 11) is -3.72. The summed E-state index contributed by atoms with van der Waals surface area (Å²) in [4.78, 5) is 9.98. The van der Waals surface area contributed by atoms with Gasteiger partial charge in [0.25, 0.3) is 5.69 Å². The van der Waals surface area contributed by atoms with Crippen molar-refractivity contribution in [1.29, 1.82) is 0 Å². The van der Waals surface area contributed by atoms with Gasteiger partial charge in [0, 0.05) is 24.7 Å². The molecule has 0 saturated heterocycles. The van der Waals surface area contributed by atoms with Crippen molar-refractivity contribution >= 4 is 15.7 Å². The quantitative estimate of drug-likeness (QED) is 0.619. The third kappa shape index (κ3) is 4.35. The number of rotatable bonds is 6. The van der Waals surface area contributed by atoms with Crippen LogP contribution < -0.4 is 10.5 Å². The van der Waals surface area contributed by atoms with E-state index in [0.717, 1.165) is 23.3 Å². The molecule has 0 radical (unpaired) electrons. The highest BCUT2D eigenvalue weighted by Gasteiger charge is 2.15. The molecule has 122 valence electrons. The minimum absolute atomic E-state index is 0.0182. The second kappa shape index (κ2) is 6.86. The van der Waals surface area contributed by atoms with Crippen molar-refractivity contribution in [2.75, 3.05) is 0 Å². The molecular weight excluding hydrogens is 318 g/mol. The first-order chi connectivity index (χ1) is 10.8. The topological polar surface area (TPSA) is 115 Å². The summed E-state index contributed by atoms with van der Waals surface area (Å²) < 4.78 is 26.8. The van der Waals surface area contributed by atoms with Crippen molar-refractivity contribution in [2.24, 2.45) is 5.73 Å². The number of hydrogen-bond donors (Lipinski definition) is 2. The highest BCUT2D eigenvalue weighted by molar-refractivity contribution is 7.89. The van der Waals surface area contributed by atoms with Crippen molar-refractivity contribution in [3.05, 3.63) is 69.8 Å². The maximum atomic E-state index is 12.2. The number of sulfonamides is 1. The van der Waals surface area contributed by atoms with Crippen molar-refractivity contribution in [2.45, 2.75) is 24.4 Å². The number of nitrogens with two attached hydrogens (primary N) is 1. The number of nitrogens with one attached hydrogen (secondary N) is 1. The molecule has 1 unspecified atom stereocenters. The fourth-order valence-electron chi connectivity index (χ4n) is 1.95. The van der Waals surface area contributed by atoms with E-state index in [4.69, 9.17) is 5.73 Å². The lowest BCUT2D eigenvalue weighted by molar-refractivity contribution is -0.384. The molecule has 0 heterocycles. The molecule has 0 bridgehead atoms. The third-order valence-electron chi connectivity index (χ3n) is 3.33. The van der Waals surface area contributed by atoms with Crippen molar-refractivity contribution in [3.8, 4) is 0 Å². The van der Waals surface area contributed by atoms with Gasteiger partial charge in [0.05, 0.1) is 9.82 Å². The predicted molar refractivity (Wildman–Crippen MR) is 86.2 cm³/mol. The summed E-state index contributed by atoms with van der Waals surface area (Å²) in [5.41, 5.74) is 7.36. The molecule has 0 saturated carbocycles. The summed E-state index contributed by atoms with van der Waals surface area (Å²) in [6, 6.07) is 12.0. The van der Waals surface area contributed by atoms with Gasteiger partial charge in [-0.1, -0.05) is 24.3 Å². The highest BCUT2D eigenvalue weighted by Crippen LogP contribution is 2.16. The maximum absolute atomic E-state index is 12.2. The van der Waals surface area contributed by atoms with Crippen LogP contribution in [0.5, 0.6) is 0 Å². The Morgan fingerprint density at radius 3 is 2.17 bits per heavy atom. The Hall–Kier alpha value is -2.29. The molecule has 2 aromatic rings. The van der Waals surface area contributed by atoms with Crippen molar-refractivity contribution in [3.63, 3.8) is 0 Å². The van der Waals surface area contributed by atoms with E-state index in [1.165, 1.54) is 12.1 Å². The molecule has 3 N–H and O–H groups in total. The molecule has 7 nitrogen and oxygen atoms in total. The maximum Gasteiger partial charge on any atom is 0.269 e. The van der Waals surface area contributed by atoms with Crippen LogP contribution in [0.4, 0.5) is 5.69 Å². The van der Waals surface area contributed by atoms with Crippen LogP contribution in [0.15, 0.2) is 53.4 Å². The van der Waals surface area contributed by atoms with Crippen LogP contribution in [-0.2, 0) is 16.6 Å². The van der Waals surface area contributed by atoms with Crippen LogP contribution in [0.25, 0.3) is 0 Å². The molecule has 0 amide bonds. The molecule has 2 aromatic carbocycles. The molecule has 1 atom stereocenters. The van der Waals surface area contributed by atoms with E-state index < -0.39 is 14.9 Å². The number of non-ortho nitro benzene ring substituents is 1. The summed E-state index contributed by atoms with van der Waals surface area (Å²) in [5.74, 6) is 0. The number of hydrogen-bond acceptors (Lipinski definition) is 5. The fraction of sp³-hybridized carbons (Fsp3) is 0.200. The number of benzene rings is 2. The Balaban J connectivity index is 2.07. The smallest absolute Gasteiger partial charge is 0.269 e. The van der Waals surface area contributed by atoms with Gasteiger partial charge in [0.15, 0.2) is 0 Å². The van der Waals surface area contributed by atoms with Gasteiger partial charge in [0.1, 0.15) is 0 Å². The van der Waals surface area contributed by atoms with E-state index in [0.29, 0.717) is 0 Å². The van der Waals surface area contributed by atoms with Crippen LogP contribution in [0.1, 0.15) is 24.1 Å². The van der Waals surface area contributed by atoms with Gasteiger partial charge in [-0.2, -0.15) is 0 Å². The summed E-state index contributed by atoms with van der Waals surface area (Å²) in [6.07, 6.45) is 0. The van der Waals surface area contributed by atoms with E-state index in [1.807, 2.05) is 19.1 Å². The Bertz CT molecular complexity index is 784. The zero-order valence-electron chi connectivity index (χ0n) is 12.5. The zero-order chi connectivity index (χ0) is 17.0. The van der Waals surface area contributed by atoms with Gasteiger partial charge in [-0.25, -0.2) is 13.1 Å². The Labute approximate surface area is 134 Å². The molecule has 8 heteroatoms. The van der Waals surface area contributed by atoms with Crippen molar-refractivity contribution in [1.82, 2.24) is 4.72 Å². The lowest BCUT2D eigenvalue weighted by Crippen LogP contribution is -2.23. The second-order valence-electron chi connectivity index (χ2n) is 5.11. The minimum Gasteiger partial charge on any atom is -0.324 e. The minimum atomic E-state index is -3.72. The van der Waals surface area contributed by atoms with E-state index in [2.05, 4.69) is 4.72 Å². The van der Waals surface area contributed by atoms with Gasteiger partial charge in [-0.3, -0.25) is 10.1 Å². The van der Waals surface area contributed by atoms with E-state index >= 15 is 0 Å². The molecule has 2 rings (SSSR count). The van der Waals surface area contributed by atoms with Crippen molar-refractivity contribution < 1.29 is 13.3 Å². The lowest BCUT2D eigenvalue weighted by atomic mass is 10.1. The number of nitro groups is 1. The first-order valence-corrected chi connectivity index (χ1v) is 8.36. The normalized spacial score (nSPS) is 12.8. The summed E-state index contributed by atoms with van der Waals surface area (Å²) >= 11 is 0. The average Bonchev–Trinajstić information content (AvgIpc) is 2.53. The van der Waals surface area contributed by atoms with Gasteiger partial charge < -0.3 is 5.73 Å². The molecule has 0 aliphatic heterocycles.